The first kappa shape index (κ1) is 12.0. The molecule has 1 fully saturated rings. The van der Waals surface area contributed by atoms with Gasteiger partial charge >= 0.3 is 0 Å². The first-order chi connectivity index (χ1) is 9.24. The molecule has 6 nitrogen and oxygen atoms in total. The fourth-order valence-corrected chi connectivity index (χ4v) is 2.57. The lowest BCUT2D eigenvalue weighted by atomic mass is 9.97. The van der Waals surface area contributed by atoms with E-state index in [9.17, 15) is 4.79 Å². The van der Waals surface area contributed by atoms with Crippen molar-refractivity contribution in [3.8, 4) is 0 Å². The zero-order valence-corrected chi connectivity index (χ0v) is 10.9. The molecule has 1 aliphatic rings. The van der Waals surface area contributed by atoms with Gasteiger partial charge in [-0.3, -0.25) is 4.79 Å². The second-order valence-corrected chi connectivity index (χ2v) is 4.99. The molecule has 6 heteroatoms. The third-order valence-corrected chi connectivity index (χ3v) is 3.54. The van der Waals surface area contributed by atoms with Gasteiger partial charge in [0.25, 0.3) is 5.91 Å². The number of aryl methyl sites for hydroxylation is 1. The van der Waals surface area contributed by atoms with Crippen molar-refractivity contribution in [3.63, 3.8) is 0 Å². The van der Waals surface area contributed by atoms with Gasteiger partial charge in [0.15, 0.2) is 0 Å². The lowest BCUT2D eigenvalue weighted by molar-refractivity contribution is 0.0699. The zero-order valence-electron chi connectivity index (χ0n) is 10.9. The van der Waals surface area contributed by atoms with Gasteiger partial charge in [-0.15, -0.1) is 0 Å². The minimum atomic E-state index is 0.0110. The van der Waals surface area contributed by atoms with E-state index in [0.717, 1.165) is 25.2 Å². The van der Waals surface area contributed by atoms with E-state index in [-0.39, 0.29) is 5.91 Å². The average Bonchev–Trinajstić information content (AvgIpc) is 3.09. The monoisotopic (exact) mass is 259 g/mol. The Morgan fingerprint density at radius 3 is 3.05 bits per heavy atom. The number of piperidine rings is 1. The highest BCUT2D eigenvalue weighted by Crippen LogP contribution is 2.25. The molecule has 0 bridgehead atoms. The molecular weight excluding hydrogens is 242 g/mol. The number of likely N-dealkylation sites (tertiary alicyclic amines) is 1. The summed E-state index contributed by atoms with van der Waals surface area (Å²) >= 11 is 0. The number of nitrogens with zero attached hydrogens (tertiary/aromatic N) is 4. The summed E-state index contributed by atoms with van der Waals surface area (Å²) in [6.07, 6.45) is 9.08. The minimum absolute atomic E-state index is 0.0110. The van der Waals surface area contributed by atoms with Gasteiger partial charge < -0.3 is 14.5 Å². The number of nitrogens with one attached hydrogen (secondary N) is 1. The number of aromatic nitrogens is 4. The van der Waals surface area contributed by atoms with Crippen LogP contribution in [0.1, 0.15) is 35.1 Å². The summed E-state index contributed by atoms with van der Waals surface area (Å²) in [4.78, 5) is 25.8. The van der Waals surface area contributed by atoms with Gasteiger partial charge in [0.05, 0.1) is 6.33 Å². The Bertz CT molecular complexity index is 559. The smallest absolute Gasteiger partial charge is 0.274 e. The second kappa shape index (κ2) is 4.87. The number of hydrogen-bond acceptors (Lipinski definition) is 3. The number of amides is 1. The van der Waals surface area contributed by atoms with Gasteiger partial charge in [-0.05, 0) is 12.8 Å². The molecule has 100 valence electrons. The topological polar surface area (TPSA) is 66.8 Å². The van der Waals surface area contributed by atoms with Gasteiger partial charge in [0, 0.05) is 44.6 Å². The molecule has 3 heterocycles. The van der Waals surface area contributed by atoms with Crippen LogP contribution in [0.3, 0.4) is 0 Å². The van der Waals surface area contributed by atoms with E-state index in [2.05, 4.69) is 15.0 Å². The summed E-state index contributed by atoms with van der Waals surface area (Å²) in [7, 11) is 1.87. The lowest BCUT2D eigenvalue weighted by Gasteiger charge is -2.31. The Balaban J connectivity index is 1.73. The summed E-state index contributed by atoms with van der Waals surface area (Å²) in [5, 5.41) is 0. The van der Waals surface area contributed by atoms with Crippen molar-refractivity contribution in [2.75, 3.05) is 13.1 Å². The molecule has 1 unspecified atom stereocenters. The van der Waals surface area contributed by atoms with Crippen molar-refractivity contribution < 1.29 is 4.79 Å². The predicted octanol–water partition coefficient (Wildman–Crippen LogP) is 1.16. The lowest BCUT2D eigenvalue weighted by Crippen LogP contribution is -2.39. The molecule has 0 aliphatic carbocycles. The van der Waals surface area contributed by atoms with Crippen LogP contribution in [0, 0.1) is 0 Å². The van der Waals surface area contributed by atoms with Crippen molar-refractivity contribution in [2.45, 2.75) is 18.8 Å². The fourth-order valence-electron chi connectivity index (χ4n) is 2.57. The van der Waals surface area contributed by atoms with E-state index in [1.54, 1.807) is 23.3 Å². The number of aromatic amines is 1. The van der Waals surface area contributed by atoms with Gasteiger partial charge in [0.1, 0.15) is 11.5 Å². The van der Waals surface area contributed by atoms with Crippen molar-refractivity contribution in [1.29, 1.82) is 0 Å². The molecule has 1 atom stereocenters. The molecule has 1 N–H and O–H groups in total. The number of carbonyl (C=O) groups is 1. The maximum Gasteiger partial charge on any atom is 0.274 e. The quantitative estimate of drug-likeness (QED) is 0.880. The Kier molecular flexibility index (Phi) is 3.06. The predicted molar refractivity (Wildman–Crippen MR) is 69.7 cm³/mol. The molecule has 0 radical (unpaired) electrons. The van der Waals surface area contributed by atoms with Gasteiger partial charge in [-0.25, -0.2) is 9.97 Å². The van der Waals surface area contributed by atoms with E-state index in [0.29, 0.717) is 18.2 Å². The van der Waals surface area contributed by atoms with Gasteiger partial charge in [-0.2, -0.15) is 0 Å². The SMILES string of the molecule is Cn1cnc(C(=O)N2CCCC(c3ncc[nH]3)C2)c1. The van der Waals surface area contributed by atoms with E-state index < -0.39 is 0 Å². The number of hydrogen-bond donors (Lipinski definition) is 1. The number of H-pyrrole nitrogens is 1. The second-order valence-electron chi connectivity index (χ2n) is 4.99. The maximum absolute atomic E-state index is 12.3. The number of rotatable bonds is 2. The zero-order chi connectivity index (χ0) is 13.2. The Labute approximate surface area is 111 Å². The number of carbonyl (C=O) groups excluding carboxylic acids is 1. The molecule has 0 spiro atoms. The summed E-state index contributed by atoms with van der Waals surface area (Å²) in [6.45, 7) is 1.51. The van der Waals surface area contributed by atoms with Crippen LogP contribution in [0.25, 0.3) is 0 Å². The van der Waals surface area contributed by atoms with Crippen LogP contribution < -0.4 is 0 Å². The van der Waals surface area contributed by atoms with Crippen LogP contribution >= 0.6 is 0 Å². The maximum atomic E-state index is 12.3. The molecule has 1 saturated heterocycles. The van der Waals surface area contributed by atoms with Crippen molar-refractivity contribution in [1.82, 2.24) is 24.4 Å². The molecule has 0 saturated carbocycles. The third-order valence-electron chi connectivity index (χ3n) is 3.54. The van der Waals surface area contributed by atoms with Crippen molar-refractivity contribution >= 4 is 5.91 Å². The van der Waals surface area contributed by atoms with Crippen LogP contribution in [0.2, 0.25) is 0 Å². The summed E-state index contributed by atoms with van der Waals surface area (Å²) in [5.74, 6) is 1.28. The highest BCUT2D eigenvalue weighted by Gasteiger charge is 2.27. The Morgan fingerprint density at radius 1 is 1.47 bits per heavy atom. The molecule has 2 aromatic rings. The summed E-state index contributed by atoms with van der Waals surface area (Å²) < 4.78 is 1.79. The van der Waals surface area contributed by atoms with Gasteiger partial charge in [0.2, 0.25) is 0 Å². The Morgan fingerprint density at radius 2 is 2.37 bits per heavy atom. The molecule has 1 amide bonds. The van der Waals surface area contributed by atoms with E-state index in [4.69, 9.17) is 0 Å². The molecule has 1 aliphatic heterocycles. The normalized spacial score (nSPS) is 19.6. The van der Waals surface area contributed by atoms with Crippen molar-refractivity contribution in [3.05, 3.63) is 36.4 Å². The highest BCUT2D eigenvalue weighted by molar-refractivity contribution is 5.92. The standard InChI is InChI=1S/C13H17N5O/c1-17-8-11(16-9-17)13(19)18-6-2-3-10(7-18)12-14-4-5-15-12/h4-5,8-10H,2-3,6-7H2,1H3,(H,14,15). The third kappa shape index (κ3) is 2.38. The minimum Gasteiger partial charge on any atom is -0.348 e. The molecule has 3 rings (SSSR count). The van der Waals surface area contributed by atoms with Crippen LogP contribution in [0.5, 0.6) is 0 Å². The molecule has 2 aromatic heterocycles. The molecule has 0 aromatic carbocycles. The average molecular weight is 259 g/mol. The van der Waals surface area contributed by atoms with Gasteiger partial charge in [-0.1, -0.05) is 0 Å². The largest absolute Gasteiger partial charge is 0.348 e. The Hall–Kier alpha value is -2.11. The van der Waals surface area contributed by atoms with Crippen molar-refractivity contribution in [2.24, 2.45) is 7.05 Å². The van der Waals surface area contributed by atoms with E-state index >= 15 is 0 Å². The van der Waals surface area contributed by atoms with E-state index in [1.165, 1.54) is 0 Å². The first-order valence-electron chi connectivity index (χ1n) is 6.50. The molecule has 19 heavy (non-hydrogen) atoms. The van der Waals surface area contributed by atoms with Crippen LogP contribution in [-0.2, 0) is 7.05 Å². The van der Waals surface area contributed by atoms with E-state index in [1.807, 2.05) is 18.1 Å². The summed E-state index contributed by atoms with van der Waals surface area (Å²) in [6, 6.07) is 0. The van der Waals surface area contributed by atoms with Crippen LogP contribution in [0.15, 0.2) is 24.9 Å². The van der Waals surface area contributed by atoms with Crippen LogP contribution in [-0.4, -0.2) is 43.4 Å². The first-order valence-corrected chi connectivity index (χ1v) is 6.50. The highest BCUT2D eigenvalue weighted by atomic mass is 16.2. The fraction of sp³-hybridized carbons (Fsp3) is 0.462. The summed E-state index contributed by atoms with van der Waals surface area (Å²) in [5.41, 5.74) is 0.516. The number of imidazole rings is 2. The van der Waals surface area contributed by atoms with Crippen LogP contribution in [0.4, 0.5) is 0 Å². The molecular formula is C13H17N5O.